The molecule has 1 aromatic carbocycles. The smallest absolute Gasteiger partial charge is 0.221 e. The molecule has 0 aliphatic heterocycles. The van der Waals surface area contributed by atoms with Crippen molar-refractivity contribution in [1.29, 1.82) is 0 Å². The highest BCUT2D eigenvalue weighted by atomic mass is 35.5. The fraction of sp³-hybridized carbons (Fsp3) is 0.364. The highest BCUT2D eigenvalue weighted by Crippen LogP contribution is 2.15. The molecule has 0 aliphatic rings. The zero-order chi connectivity index (χ0) is 12.0. The van der Waals surface area contributed by atoms with Gasteiger partial charge in [0.15, 0.2) is 0 Å². The lowest BCUT2D eigenvalue weighted by Gasteiger charge is -2.05. The monoisotopic (exact) mass is 244 g/mol. The minimum atomic E-state index is -0.452. The number of carbonyl (C=O) groups excluding carboxylic acids is 1. The predicted molar refractivity (Wildman–Crippen MR) is 61.8 cm³/mol. The van der Waals surface area contributed by atoms with E-state index in [0.29, 0.717) is 19.5 Å². The van der Waals surface area contributed by atoms with E-state index in [9.17, 15) is 9.18 Å². The van der Waals surface area contributed by atoms with Crippen LogP contribution in [0.1, 0.15) is 12.0 Å². The van der Waals surface area contributed by atoms with Crippen molar-refractivity contribution in [2.75, 3.05) is 13.6 Å². The molecule has 0 heterocycles. The first-order valence-corrected chi connectivity index (χ1v) is 5.36. The Morgan fingerprint density at radius 2 is 2.25 bits per heavy atom. The van der Waals surface area contributed by atoms with E-state index in [1.807, 2.05) is 0 Å². The number of benzene rings is 1. The van der Waals surface area contributed by atoms with Crippen LogP contribution < -0.4 is 10.6 Å². The van der Waals surface area contributed by atoms with E-state index >= 15 is 0 Å². The molecule has 0 atom stereocenters. The van der Waals surface area contributed by atoms with Gasteiger partial charge in [0.05, 0.1) is 5.02 Å². The summed E-state index contributed by atoms with van der Waals surface area (Å²) in [7, 11) is 1.78. The van der Waals surface area contributed by atoms with Gasteiger partial charge in [-0.3, -0.25) is 4.79 Å². The number of nitrogens with one attached hydrogen (secondary N) is 2. The van der Waals surface area contributed by atoms with Gasteiger partial charge in [0.25, 0.3) is 0 Å². The molecular weight excluding hydrogens is 231 g/mol. The third-order valence-corrected chi connectivity index (χ3v) is 2.37. The molecule has 1 aromatic rings. The summed E-state index contributed by atoms with van der Waals surface area (Å²) in [6, 6.07) is 4.40. The first-order chi connectivity index (χ1) is 7.63. The first-order valence-electron chi connectivity index (χ1n) is 4.98. The van der Waals surface area contributed by atoms with Crippen molar-refractivity contribution in [2.24, 2.45) is 0 Å². The highest BCUT2D eigenvalue weighted by Gasteiger charge is 2.03. The normalized spacial score (nSPS) is 10.2. The number of carbonyl (C=O) groups is 1. The summed E-state index contributed by atoms with van der Waals surface area (Å²) in [5, 5.41) is 5.67. The lowest BCUT2D eigenvalue weighted by molar-refractivity contribution is -0.121. The van der Waals surface area contributed by atoms with Crippen LogP contribution in [-0.4, -0.2) is 19.5 Å². The lowest BCUT2D eigenvalue weighted by Crippen LogP contribution is -2.26. The molecule has 0 saturated heterocycles. The van der Waals surface area contributed by atoms with E-state index in [1.165, 1.54) is 12.1 Å². The van der Waals surface area contributed by atoms with Crippen molar-refractivity contribution < 1.29 is 9.18 Å². The highest BCUT2D eigenvalue weighted by molar-refractivity contribution is 6.30. The summed E-state index contributed by atoms with van der Waals surface area (Å²) in [5.41, 5.74) is 0.782. The van der Waals surface area contributed by atoms with Crippen LogP contribution in [0.2, 0.25) is 5.02 Å². The van der Waals surface area contributed by atoms with E-state index in [-0.39, 0.29) is 10.9 Å². The average molecular weight is 245 g/mol. The molecule has 0 aliphatic carbocycles. The number of amides is 1. The minimum Gasteiger partial charge on any atom is -0.352 e. The predicted octanol–water partition coefficient (Wildman–Crippen LogP) is 1.70. The molecule has 0 saturated carbocycles. The van der Waals surface area contributed by atoms with Crippen LogP contribution in [0.5, 0.6) is 0 Å². The standard InChI is InChI=1S/C11H14ClFN2O/c1-14-5-4-11(16)15-7-8-2-3-10(13)9(12)6-8/h2-3,6,14H,4-5,7H2,1H3,(H,15,16). The van der Waals surface area contributed by atoms with Crippen LogP contribution in [0.4, 0.5) is 4.39 Å². The summed E-state index contributed by atoms with van der Waals surface area (Å²) in [5.74, 6) is -0.498. The van der Waals surface area contributed by atoms with Crippen molar-refractivity contribution in [3.05, 3.63) is 34.6 Å². The summed E-state index contributed by atoms with van der Waals surface area (Å²) in [6.07, 6.45) is 0.422. The molecule has 5 heteroatoms. The Hall–Kier alpha value is -1.13. The third kappa shape index (κ3) is 4.16. The van der Waals surface area contributed by atoms with Crippen molar-refractivity contribution in [1.82, 2.24) is 10.6 Å². The summed E-state index contributed by atoms with van der Waals surface area (Å²) >= 11 is 5.62. The van der Waals surface area contributed by atoms with E-state index < -0.39 is 5.82 Å². The van der Waals surface area contributed by atoms with Gasteiger partial charge in [-0.15, -0.1) is 0 Å². The molecule has 3 nitrogen and oxygen atoms in total. The van der Waals surface area contributed by atoms with Crippen LogP contribution in [0.25, 0.3) is 0 Å². The maximum absolute atomic E-state index is 12.8. The maximum Gasteiger partial charge on any atom is 0.221 e. The summed E-state index contributed by atoms with van der Waals surface area (Å²) < 4.78 is 12.8. The van der Waals surface area contributed by atoms with E-state index in [1.54, 1.807) is 13.1 Å². The van der Waals surface area contributed by atoms with Crippen LogP contribution >= 0.6 is 11.6 Å². The van der Waals surface area contributed by atoms with Gasteiger partial charge >= 0.3 is 0 Å². The van der Waals surface area contributed by atoms with E-state index in [2.05, 4.69) is 10.6 Å². The Labute approximate surface area is 99.0 Å². The van der Waals surface area contributed by atoms with Crippen LogP contribution in [-0.2, 0) is 11.3 Å². The maximum atomic E-state index is 12.8. The summed E-state index contributed by atoms with van der Waals surface area (Å²) in [4.78, 5) is 11.3. The molecule has 1 rings (SSSR count). The van der Waals surface area contributed by atoms with Crippen molar-refractivity contribution in [3.8, 4) is 0 Å². The lowest BCUT2D eigenvalue weighted by atomic mass is 10.2. The molecule has 0 fully saturated rings. The fourth-order valence-corrected chi connectivity index (χ4v) is 1.38. The van der Waals surface area contributed by atoms with Gasteiger partial charge in [-0.2, -0.15) is 0 Å². The second-order valence-corrected chi connectivity index (χ2v) is 3.79. The van der Waals surface area contributed by atoms with Gasteiger partial charge in [-0.1, -0.05) is 17.7 Å². The van der Waals surface area contributed by atoms with Gasteiger partial charge in [0.2, 0.25) is 5.91 Å². The number of hydrogen-bond acceptors (Lipinski definition) is 2. The number of halogens is 2. The Bertz CT molecular complexity index is 371. The topological polar surface area (TPSA) is 41.1 Å². The van der Waals surface area contributed by atoms with Gasteiger partial charge < -0.3 is 10.6 Å². The van der Waals surface area contributed by atoms with Crippen LogP contribution in [0, 0.1) is 5.82 Å². The Morgan fingerprint density at radius 3 is 2.88 bits per heavy atom. The molecular formula is C11H14ClFN2O. The van der Waals surface area contributed by atoms with Crippen molar-refractivity contribution in [2.45, 2.75) is 13.0 Å². The quantitative estimate of drug-likeness (QED) is 0.828. The van der Waals surface area contributed by atoms with Crippen LogP contribution in [0.3, 0.4) is 0 Å². The van der Waals surface area contributed by atoms with Crippen molar-refractivity contribution >= 4 is 17.5 Å². The van der Waals surface area contributed by atoms with E-state index in [4.69, 9.17) is 11.6 Å². The Morgan fingerprint density at radius 1 is 1.50 bits per heavy atom. The fourth-order valence-electron chi connectivity index (χ4n) is 1.18. The van der Waals surface area contributed by atoms with Gasteiger partial charge in [-0.05, 0) is 24.7 Å². The molecule has 2 N–H and O–H groups in total. The first kappa shape index (κ1) is 12.9. The molecule has 16 heavy (non-hydrogen) atoms. The average Bonchev–Trinajstić information content (AvgIpc) is 2.28. The third-order valence-electron chi connectivity index (χ3n) is 2.08. The van der Waals surface area contributed by atoms with Gasteiger partial charge in [0.1, 0.15) is 5.82 Å². The van der Waals surface area contributed by atoms with Crippen molar-refractivity contribution in [3.63, 3.8) is 0 Å². The zero-order valence-corrected chi connectivity index (χ0v) is 9.77. The largest absolute Gasteiger partial charge is 0.352 e. The Kier molecular flexibility index (Phi) is 5.22. The molecule has 0 radical (unpaired) electrons. The minimum absolute atomic E-state index is 0.0465. The second-order valence-electron chi connectivity index (χ2n) is 3.38. The number of rotatable bonds is 5. The van der Waals surface area contributed by atoms with Gasteiger partial charge in [-0.25, -0.2) is 4.39 Å². The SMILES string of the molecule is CNCCC(=O)NCc1ccc(F)c(Cl)c1. The second kappa shape index (κ2) is 6.45. The molecule has 1 amide bonds. The molecule has 88 valence electrons. The molecule has 0 spiro atoms. The Balaban J connectivity index is 2.42. The molecule has 0 bridgehead atoms. The molecule has 0 unspecified atom stereocenters. The van der Waals surface area contributed by atoms with Crippen LogP contribution in [0.15, 0.2) is 18.2 Å². The van der Waals surface area contributed by atoms with E-state index in [0.717, 1.165) is 5.56 Å². The summed E-state index contributed by atoms with van der Waals surface area (Å²) in [6.45, 7) is 0.999. The zero-order valence-electron chi connectivity index (χ0n) is 9.02. The van der Waals surface area contributed by atoms with Gasteiger partial charge in [0, 0.05) is 19.5 Å². The number of hydrogen-bond donors (Lipinski definition) is 2. The molecule has 0 aromatic heterocycles.